The summed E-state index contributed by atoms with van der Waals surface area (Å²) in [6, 6.07) is 18.0. The van der Waals surface area contributed by atoms with Crippen LogP contribution in [0.4, 0.5) is 0 Å². The van der Waals surface area contributed by atoms with Crippen molar-refractivity contribution in [3.05, 3.63) is 65.7 Å². The molecule has 122 valence electrons. The summed E-state index contributed by atoms with van der Waals surface area (Å²) in [6.45, 7) is 7.65. The van der Waals surface area contributed by atoms with Gasteiger partial charge in [-0.1, -0.05) is 56.3 Å². The van der Waals surface area contributed by atoms with Crippen LogP contribution in [0.25, 0.3) is 0 Å². The third kappa shape index (κ3) is 5.13. The highest BCUT2D eigenvalue weighted by Gasteiger charge is 2.13. The molecule has 1 amide bonds. The van der Waals surface area contributed by atoms with E-state index in [0.29, 0.717) is 19.0 Å². The van der Waals surface area contributed by atoms with Gasteiger partial charge in [-0.3, -0.25) is 4.79 Å². The zero-order valence-electron chi connectivity index (χ0n) is 14.2. The van der Waals surface area contributed by atoms with Crippen LogP contribution in [0.1, 0.15) is 37.8 Å². The summed E-state index contributed by atoms with van der Waals surface area (Å²) in [7, 11) is 0. The van der Waals surface area contributed by atoms with Gasteiger partial charge >= 0.3 is 0 Å². The van der Waals surface area contributed by atoms with Gasteiger partial charge in [0.15, 0.2) is 6.61 Å². The van der Waals surface area contributed by atoms with Crippen molar-refractivity contribution in [2.24, 2.45) is 0 Å². The Labute approximate surface area is 138 Å². The van der Waals surface area contributed by atoms with Crippen LogP contribution in [-0.2, 0) is 11.3 Å². The Hall–Kier alpha value is -2.29. The van der Waals surface area contributed by atoms with E-state index in [1.54, 1.807) is 4.90 Å². The van der Waals surface area contributed by atoms with Crippen molar-refractivity contribution in [2.45, 2.75) is 33.2 Å². The molecule has 2 aromatic rings. The predicted molar refractivity (Wildman–Crippen MR) is 93.6 cm³/mol. The lowest BCUT2D eigenvalue weighted by atomic mass is 10.0. The maximum atomic E-state index is 12.3. The molecule has 0 atom stereocenters. The molecule has 23 heavy (non-hydrogen) atoms. The third-order valence-electron chi connectivity index (χ3n) is 3.86. The van der Waals surface area contributed by atoms with Crippen LogP contribution in [-0.4, -0.2) is 24.0 Å². The van der Waals surface area contributed by atoms with Gasteiger partial charge in [0.1, 0.15) is 5.75 Å². The van der Waals surface area contributed by atoms with E-state index in [-0.39, 0.29) is 12.5 Å². The lowest BCUT2D eigenvalue weighted by Crippen LogP contribution is -2.34. The predicted octanol–water partition coefficient (Wildman–Crippen LogP) is 4.24. The normalized spacial score (nSPS) is 10.6. The van der Waals surface area contributed by atoms with E-state index in [9.17, 15) is 4.79 Å². The van der Waals surface area contributed by atoms with E-state index in [1.165, 1.54) is 5.56 Å². The van der Waals surface area contributed by atoms with Crippen LogP contribution in [0.2, 0.25) is 0 Å². The molecule has 0 fully saturated rings. The summed E-state index contributed by atoms with van der Waals surface area (Å²) < 4.78 is 5.63. The average molecular weight is 311 g/mol. The SMILES string of the molecule is CCN(Cc1ccccc1)C(=O)COc1ccc(C(C)C)cc1. The molecule has 0 saturated heterocycles. The van der Waals surface area contributed by atoms with Crippen LogP contribution < -0.4 is 4.74 Å². The summed E-state index contributed by atoms with van der Waals surface area (Å²) in [5, 5.41) is 0. The first-order valence-electron chi connectivity index (χ1n) is 8.14. The molecular formula is C20H25NO2. The molecule has 0 saturated carbocycles. The standard InChI is InChI=1S/C20H25NO2/c1-4-21(14-17-8-6-5-7-9-17)20(22)15-23-19-12-10-18(11-13-19)16(2)3/h5-13,16H,4,14-15H2,1-3H3. The molecule has 0 heterocycles. The van der Waals surface area contributed by atoms with Gasteiger partial charge in [0.05, 0.1) is 0 Å². The first-order valence-corrected chi connectivity index (χ1v) is 8.14. The molecule has 2 rings (SSSR count). The van der Waals surface area contributed by atoms with Crippen molar-refractivity contribution in [1.29, 1.82) is 0 Å². The Balaban J connectivity index is 1.89. The van der Waals surface area contributed by atoms with Gasteiger partial charge in [-0.2, -0.15) is 0 Å². The van der Waals surface area contributed by atoms with Crippen molar-refractivity contribution in [1.82, 2.24) is 4.90 Å². The lowest BCUT2D eigenvalue weighted by Gasteiger charge is -2.21. The minimum Gasteiger partial charge on any atom is -0.484 e. The van der Waals surface area contributed by atoms with Gasteiger partial charge in [0.2, 0.25) is 0 Å². The van der Waals surface area contributed by atoms with Gasteiger partial charge in [0, 0.05) is 13.1 Å². The average Bonchev–Trinajstić information content (AvgIpc) is 2.58. The Morgan fingerprint density at radius 2 is 1.70 bits per heavy atom. The molecule has 0 aromatic heterocycles. The van der Waals surface area contributed by atoms with E-state index >= 15 is 0 Å². The molecule has 0 aliphatic heterocycles. The lowest BCUT2D eigenvalue weighted by molar-refractivity contribution is -0.133. The fourth-order valence-corrected chi connectivity index (χ4v) is 2.37. The van der Waals surface area contributed by atoms with Crippen LogP contribution in [0.15, 0.2) is 54.6 Å². The number of carbonyl (C=O) groups is 1. The molecule has 0 aliphatic rings. The highest BCUT2D eigenvalue weighted by Crippen LogP contribution is 2.18. The highest BCUT2D eigenvalue weighted by atomic mass is 16.5. The minimum atomic E-state index is 0.00397. The Morgan fingerprint density at radius 3 is 2.26 bits per heavy atom. The van der Waals surface area contributed by atoms with Crippen molar-refractivity contribution in [3.8, 4) is 5.75 Å². The van der Waals surface area contributed by atoms with Gasteiger partial charge in [-0.25, -0.2) is 0 Å². The number of nitrogens with zero attached hydrogens (tertiary/aromatic N) is 1. The number of ether oxygens (including phenoxy) is 1. The molecule has 3 nitrogen and oxygen atoms in total. The van der Waals surface area contributed by atoms with Gasteiger partial charge < -0.3 is 9.64 Å². The molecule has 0 radical (unpaired) electrons. The van der Waals surface area contributed by atoms with Crippen LogP contribution in [0.5, 0.6) is 5.75 Å². The second-order valence-corrected chi connectivity index (χ2v) is 5.91. The largest absolute Gasteiger partial charge is 0.484 e. The number of benzene rings is 2. The second kappa shape index (κ2) is 8.37. The number of rotatable bonds is 7. The molecular weight excluding hydrogens is 286 g/mol. The molecule has 0 unspecified atom stereocenters. The van der Waals surface area contributed by atoms with E-state index in [1.807, 2.05) is 61.5 Å². The molecule has 0 spiro atoms. The van der Waals surface area contributed by atoms with Crippen molar-refractivity contribution in [3.63, 3.8) is 0 Å². The fraction of sp³-hybridized carbons (Fsp3) is 0.350. The summed E-state index contributed by atoms with van der Waals surface area (Å²) in [4.78, 5) is 14.1. The van der Waals surface area contributed by atoms with Gasteiger partial charge in [-0.15, -0.1) is 0 Å². The minimum absolute atomic E-state index is 0.00397. The third-order valence-corrected chi connectivity index (χ3v) is 3.86. The Morgan fingerprint density at radius 1 is 1.04 bits per heavy atom. The summed E-state index contributed by atoms with van der Waals surface area (Å²) >= 11 is 0. The fourth-order valence-electron chi connectivity index (χ4n) is 2.37. The number of amides is 1. The molecule has 0 bridgehead atoms. The summed E-state index contributed by atoms with van der Waals surface area (Å²) in [6.07, 6.45) is 0. The van der Waals surface area contributed by atoms with Gasteiger partial charge in [-0.05, 0) is 36.1 Å². The van der Waals surface area contributed by atoms with Crippen LogP contribution in [0.3, 0.4) is 0 Å². The molecule has 2 aromatic carbocycles. The summed E-state index contributed by atoms with van der Waals surface area (Å²) in [5.41, 5.74) is 2.40. The van der Waals surface area contributed by atoms with Crippen LogP contribution >= 0.6 is 0 Å². The number of carbonyl (C=O) groups excluding carboxylic acids is 1. The van der Waals surface area contributed by atoms with Crippen molar-refractivity contribution in [2.75, 3.05) is 13.2 Å². The second-order valence-electron chi connectivity index (χ2n) is 5.91. The molecule has 0 aliphatic carbocycles. The maximum Gasteiger partial charge on any atom is 0.260 e. The zero-order valence-corrected chi connectivity index (χ0v) is 14.2. The number of likely N-dealkylation sites (N-methyl/N-ethyl adjacent to an activating group) is 1. The van der Waals surface area contributed by atoms with Crippen molar-refractivity contribution >= 4 is 5.91 Å². The summed E-state index contributed by atoms with van der Waals surface area (Å²) in [5.74, 6) is 1.23. The molecule has 0 N–H and O–H groups in total. The van der Waals surface area contributed by atoms with E-state index in [0.717, 1.165) is 11.3 Å². The highest BCUT2D eigenvalue weighted by molar-refractivity contribution is 5.77. The van der Waals surface area contributed by atoms with E-state index in [4.69, 9.17) is 4.74 Å². The smallest absolute Gasteiger partial charge is 0.260 e. The first kappa shape index (κ1) is 17.1. The van der Waals surface area contributed by atoms with E-state index < -0.39 is 0 Å². The Bertz CT molecular complexity index is 605. The monoisotopic (exact) mass is 311 g/mol. The van der Waals surface area contributed by atoms with Gasteiger partial charge in [0.25, 0.3) is 5.91 Å². The zero-order chi connectivity index (χ0) is 16.7. The Kier molecular flexibility index (Phi) is 6.21. The van der Waals surface area contributed by atoms with Crippen LogP contribution in [0, 0.1) is 0 Å². The maximum absolute atomic E-state index is 12.3. The van der Waals surface area contributed by atoms with E-state index in [2.05, 4.69) is 13.8 Å². The van der Waals surface area contributed by atoms with Crippen molar-refractivity contribution < 1.29 is 9.53 Å². The quantitative estimate of drug-likeness (QED) is 0.765. The molecule has 3 heteroatoms. The first-order chi connectivity index (χ1) is 11.1. The topological polar surface area (TPSA) is 29.5 Å². The number of hydrogen-bond acceptors (Lipinski definition) is 2. The number of hydrogen-bond donors (Lipinski definition) is 0.